The standard InChI is InChI=1S/C15H11N2.Ir/c1-9-10(2)13-8-17-7-6-16-15(17)12-5-3-4-11(9)14(12)13;/h3-4,6-8H,1-2H3;/q-1;. The molecule has 2 aromatic heterocycles. The number of rotatable bonds is 0. The zero-order valence-electron chi connectivity index (χ0n) is 10.1. The molecule has 4 aromatic rings. The molecule has 0 atom stereocenters. The molecule has 1 radical (unpaired) electrons. The van der Waals surface area contributed by atoms with Crippen molar-refractivity contribution < 1.29 is 20.1 Å². The van der Waals surface area contributed by atoms with Crippen molar-refractivity contribution >= 4 is 27.2 Å². The third-order valence-electron chi connectivity index (χ3n) is 3.80. The fourth-order valence-corrected chi connectivity index (χ4v) is 2.77. The Morgan fingerprint density at radius 3 is 2.78 bits per heavy atom. The first kappa shape index (κ1) is 11.6. The molecule has 0 unspecified atom stereocenters. The number of aromatic nitrogens is 2. The van der Waals surface area contributed by atoms with Crippen molar-refractivity contribution in [2.45, 2.75) is 13.8 Å². The van der Waals surface area contributed by atoms with Gasteiger partial charge in [-0.3, -0.25) is 4.98 Å². The minimum absolute atomic E-state index is 0. The Hall–Kier alpha value is -1.44. The molecule has 91 valence electrons. The molecule has 0 fully saturated rings. The summed E-state index contributed by atoms with van der Waals surface area (Å²) in [7, 11) is 0. The van der Waals surface area contributed by atoms with E-state index in [1.807, 2.05) is 18.5 Å². The van der Waals surface area contributed by atoms with Gasteiger partial charge < -0.3 is 4.40 Å². The van der Waals surface area contributed by atoms with Crippen LogP contribution in [-0.4, -0.2) is 9.38 Å². The summed E-state index contributed by atoms with van der Waals surface area (Å²) in [6.45, 7) is 4.37. The molecule has 3 heteroatoms. The smallest absolute Gasteiger partial charge is 0.0604 e. The number of pyridine rings is 1. The van der Waals surface area contributed by atoms with Crippen LogP contribution in [0.25, 0.3) is 27.2 Å². The van der Waals surface area contributed by atoms with E-state index in [1.165, 1.54) is 27.3 Å². The quantitative estimate of drug-likeness (QED) is 0.405. The normalized spacial score (nSPS) is 11.4. The largest absolute Gasteiger partial charge is 0.347 e. The first-order valence-corrected chi connectivity index (χ1v) is 5.75. The van der Waals surface area contributed by atoms with E-state index in [-0.39, 0.29) is 20.1 Å². The monoisotopic (exact) mass is 412 g/mol. The average Bonchev–Trinajstić information content (AvgIpc) is 2.91. The Kier molecular flexibility index (Phi) is 2.44. The summed E-state index contributed by atoms with van der Waals surface area (Å²) in [5.41, 5.74) is 3.72. The molecular weight excluding hydrogens is 400 g/mol. The zero-order chi connectivity index (χ0) is 11.6. The van der Waals surface area contributed by atoms with E-state index in [4.69, 9.17) is 0 Å². The van der Waals surface area contributed by atoms with Gasteiger partial charge in [-0.1, -0.05) is 21.7 Å². The third-order valence-corrected chi connectivity index (χ3v) is 3.80. The van der Waals surface area contributed by atoms with Gasteiger partial charge in [-0.25, -0.2) is 0 Å². The average molecular weight is 411 g/mol. The summed E-state index contributed by atoms with van der Waals surface area (Å²) in [5, 5.41) is 5.08. The molecular formula is C15H11IrN2-. The minimum Gasteiger partial charge on any atom is -0.347 e. The van der Waals surface area contributed by atoms with Crippen molar-refractivity contribution in [2.24, 2.45) is 0 Å². The second kappa shape index (κ2) is 3.77. The van der Waals surface area contributed by atoms with Gasteiger partial charge in [0.2, 0.25) is 0 Å². The van der Waals surface area contributed by atoms with E-state index in [9.17, 15) is 0 Å². The molecule has 18 heavy (non-hydrogen) atoms. The second-order valence-corrected chi connectivity index (χ2v) is 4.59. The van der Waals surface area contributed by atoms with Crippen molar-refractivity contribution in [3.8, 4) is 0 Å². The van der Waals surface area contributed by atoms with E-state index in [0.717, 1.165) is 11.0 Å². The molecule has 2 aromatic carbocycles. The van der Waals surface area contributed by atoms with Gasteiger partial charge in [0.25, 0.3) is 0 Å². The molecule has 0 bridgehead atoms. The Morgan fingerprint density at radius 2 is 1.94 bits per heavy atom. The van der Waals surface area contributed by atoms with E-state index in [0.29, 0.717) is 0 Å². The number of fused-ring (bicyclic) bond motifs is 2. The predicted octanol–water partition coefficient (Wildman–Crippen LogP) is 3.49. The van der Waals surface area contributed by atoms with Gasteiger partial charge in [0.15, 0.2) is 0 Å². The van der Waals surface area contributed by atoms with Crippen LogP contribution in [-0.2, 0) is 20.1 Å². The van der Waals surface area contributed by atoms with Crippen LogP contribution in [0.3, 0.4) is 0 Å². The van der Waals surface area contributed by atoms with Crippen LogP contribution in [0.2, 0.25) is 0 Å². The van der Waals surface area contributed by atoms with E-state index in [2.05, 4.69) is 41.6 Å². The van der Waals surface area contributed by atoms with E-state index < -0.39 is 0 Å². The SMILES string of the molecule is Cc1c(C)c2cn3ccnc3c3[c-]ccc1c23.[Ir]. The molecule has 4 rings (SSSR count). The molecule has 2 nitrogen and oxygen atoms in total. The van der Waals surface area contributed by atoms with Crippen molar-refractivity contribution in [2.75, 3.05) is 0 Å². The van der Waals surface area contributed by atoms with Gasteiger partial charge in [0, 0.05) is 32.5 Å². The Bertz CT molecular complexity index is 861. The maximum Gasteiger partial charge on any atom is 0.0604 e. The summed E-state index contributed by atoms with van der Waals surface area (Å²) >= 11 is 0. The predicted molar refractivity (Wildman–Crippen MR) is 69.7 cm³/mol. The van der Waals surface area contributed by atoms with Crippen LogP contribution in [0.5, 0.6) is 0 Å². The van der Waals surface area contributed by atoms with Crippen molar-refractivity contribution in [3.63, 3.8) is 0 Å². The van der Waals surface area contributed by atoms with Crippen LogP contribution in [0.1, 0.15) is 11.1 Å². The molecule has 0 aliphatic carbocycles. The maximum absolute atomic E-state index is 4.42. The van der Waals surface area contributed by atoms with Crippen molar-refractivity contribution in [3.05, 3.63) is 47.9 Å². The van der Waals surface area contributed by atoms with Crippen LogP contribution >= 0.6 is 0 Å². The number of nitrogens with zero attached hydrogens (tertiary/aromatic N) is 2. The van der Waals surface area contributed by atoms with Gasteiger partial charge in [0.05, 0.1) is 5.65 Å². The van der Waals surface area contributed by atoms with Crippen molar-refractivity contribution in [1.82, 2.24) is 9.38 Å². The summed E-state index contributed by atoms with van der Waals surface area (Å²) in [5.74, 6) is 0. The van der Waals surface area contributed by atoms with Gasteiger partial charge in [-0.05, 0) is 31.0 Å². The number of hydrogen-bond donors (Lipinski definition) is 0. The fourth-order valence-electron chi connectivity index (χ4n) is 2.77. The topological polar surface area (TPSA) is 17.3 Å². The molecule has 2 heterocycles. The number of aryl methyl sites for hydroxylation is 2. The van der Waals surface area contributed by atoms with Crippen molar-refractivity contribution in [1.29, 1.82) is 0 Å². The Morgan fingerprint density at radius 1 is 1.17 bits per heavy atom. The van der Waals surface area contributed by atoms with Gasteiger partial charge in [0.1, 0.15) is 0 Å². The number of hydrogen-bond acceptors (Lipinski definition) is 1. The first-order chi connectivity index (χ1) is 8.27. The summed E-state index contributed by atoms with van der Waals surface area (Å²) < 4.78 is 2.08. The van der Waals surface area contributed by atoms with E-state index >= 15 is 0 Å². The minimum atomic E-state index is 0. The van der Waals surface area contributed by atoms with Crippen LogP contribution in [0, 0.1) is 19.9 Å². The van der Waals surface area contributed by atoms with Crippen LogP contribution in [0.4, 0.5) is 0 Å². The Labute approximate surface area is 118 Å². The first-order valence-electron chi connectivity index (χ1n) is 5.75. The maximum atomic E-state index is 4.42. The molecule has 0 saturated carbocycles. The van der Waals surface area contributed by atoms with Gasteiger partial charge in [-0.2, -0.15) is 0 Å². The van der Waals surface area contributed by atoms with Crippen LogP contribution in [0.15, 0.2) is 30.7 Å². The van der Waals surface area contributed by atoms with Crippen LogP contribution < -0.4 is 0 Å². The molecule has 0 aliphatic rings. The summed E-state index contributed by atoms with van der Waals surface area (Å²) in [6, 6.07) is 7.48. The fraction of sp³-hybridized carbons (Fsp3) is 0.133. The molecule has 0 aliphatic heterocycles. The molecule has 0 N–H and O–H groups in total. The summed E-state index contributed by atoms with van der Waals surface area (Å²) in [6.07, 6.45) is 6.01. The second-order valence-electron chi connectivity index (χ2n) is 4.59. The van der Waals surface area contributed by atoms with Gasteiger partial charge in [-0.15, -0.1) is 18.2 Å². The van der Waals surface area contributed by atoms with E-state index in [1.54, 1.807) is 0 Å². The number of benzene rings is 1. The summed E-state index contributed by atoms with van der Waals surface area (Å²) in [4.78, 5) is 4.42. The molecule has 0 amide bonds. The van der Waals surface area contributed by atoms with Gasteiger partial charge >= 0.3 is 0 Å². The molecule has 0 spiro atoms. The third kappa shape index (κ3) is 1.23. The Balaban J connectivity index is 0.000001000. The number of imidazole rings is 1. The zero-order valence-corrected chi connectivity index (χ0v) is 12.5. The molecule has 0 saturated heterocycles.